The third kappa shape index (κ3) is 1.73. The van der Waals surface area contributed by atoms with Crippen molar-refractivity contribution < 1.29 is 9.50 Å². The van der Waals surface area contributed by atoms with Crippen molar-refractivity contribution in [1.29, 1.82) is 0 Å². The largest absolute Gasteiger partial charge is 0.361 e. The molecule has 3 saturated carbocycles. The highest BCUT2D eigenvalue weighted by atomic mass is 19.2. The molecule has 4 rings (SSSR count). The van der Waals surface area contributed by atoms with Crippen LogP contribution in [0.1, 0.15) is 65.2 Å². The summed E-state index contributed by atoms with van der Waals surface area (Å²) in [6, 6.07) is 0.0124. The third-order valence-corrected chi connectivity index (χ3v) is 8.08. The van der Waals surface area contributed by atoms with Gasteiger partial charge >= 0.3 is 0 Å². The maximum absolute atomic E-state index is 14.8. The van der Waals surface area contributed by atoms with Crippen molar-refractivity contribution in [3.63, 3.8) is 0 Å². The van der Waals surface area contributed by atoms with Gasteiger partial charge in [0.15, 0.2) is 0 Å². The van der Waals surface area contributed by atoms with Gasteiger partial charge in [-0.3, -0.25) is 0 Å². The van der Waals surface area contributed by atoms with E-state index in [1.54, 1.807) is 5.57 Å². The number of hydrogen-bond donors (Lipinski definition) is 2. The molecule has 3 heteroatoms. The second kappa shape index (κ2) is 4.57. The molecule has 3 fully saturated rings. The summed E-state index contributed by atoms with van der Waals surface area (Å²) in [7, 11) is 0. The van der Waals surface area contributed by atoms with E-state index in [4.69, 9.17) is 5.73 Å². The van der Waals surface area contributed by atoms with Crippen molar-refractivity contribution in [1.82, 2.24) is 0 Å². The standard InChI is InChI=1S/C19H30FNO/c1-17-9-4-3-5-12(17)6-7-13-14-8-10-19(20,22)18(14,2)11-15(21)16(13)17/h6,13-16,22H,3-5,7-11,21H2,1-2H3/t13-,14-,15?,16-,17-,18-,19?/m0/s1. The molecular formula is C19H30FNO. The first kappa shape index (κ1) is 15.1. The monoisotopic (exact) mass is 307 g/mol. The first-order valence-electron chi connectivity index (χ1n) is 9.16. The van der Waals surface area contributed by atoms with Crippen LogP contribution in [0.25, 0.3) is 0 Å². The fourth-order valence-corrected chi connectivity index (χ4v) is 6.92. The number of fused-ring (bicyclic) bond motifs is 5. The van der Waals surface area contributed by atoms with Gasteiger partial charge in [-0.15, -0.1) is 0 Å². The molecular weight excluding hydrogens is 277 g/mol. The van der Waals surface area contributed by atoms with Crippen LogP contribution in [0.15, 0.2) is 11.6 Å². The zero-order valence-corrected chi connectivity index (χ0v) is 13.9. The zero-order chi connectivity index (χ0) is 15.8. The Morgan fingerprint density at radius 1 is 1.27 bits per heavy atom. The molecule has 0 bridgehead atoms. The highest BCUT2D eigenvalue weighted by Crippen LogP contribution is 2.67. The van der Waals surface area contributed by atoms with Crippen molar-refractivity contribution in [2.75, 3.05) is 0 Å². The molecule has 22 heavy (non-hydrogen) atoms. The molecule has 0 aliphatic heterocycles. The first-order chi connectivity index (χ1) is 10.3. The highest BCUT2D eigenvalue weighted by Gasteiger charge is 2.66. The summed E-state index contributed by atoms with van der Waals surface area (Å²) in [6.45, 7) is 4.36. The van der Waals surface area contributed by atoms with Crippen LogP contribution in [0.3, 0.4) is 0 Å². The van der Waals surface area contributed by atoms with Crippen molar-refractivity contribution in [2.24, 2.45) is 34.3 Å². The van der Waals surface area contributed by atoms with E-state index in [1.165, 1.54) is 25.7 Å². The van der Waals surface area contributed by atoms with E-state index in [2.05, 4.69) is 13.0 Å². The summed E-state index contributed by atoms with van der Waals surface area (Å²) in [4.78, 5) is 0. The van der Waals surface area contributed by atoms with E-state index in [1.807, 2.05) is 6.92 Å². The van der Waals surface area contributed by atoms with Crippen molar-refractivity contribution in [3.05, 3.63) is 11.6 Å². The SMILES string of the molecule is C[C@]12CCCCC1=CC[C@@H]1[C@H]2C(N)C[C@@]2(C)[C@H]1CCC2(O)F. The molecule has 0 amide bonds. The lowest BCUT2D eigenvalue weighted by Crippen LogP contribution is -2.60. The molecule has 0 aromatic rings. The summed E-state index contributed by atoms with van der Waals surface area (Å²) in [6.07, 6.45) is 10.3. The molecule has 0 heterocycles. The lowest BCUT2D eigenvalue weighted by Gasteiger charge is -2.59. The van der Waals surface area contributed by atoms with Crippen molar-refractivity contribution >= 4 is 0 Å². The van der Waals surface area contributed by atoms with Crippen molar-refractivity contribution in [3.8, 4) is 0 Å². The summed E-state index contributed by atoms with van der Waals surface area (Å²) in [5, 5.41) is 10.3. The van der Waals surface area contributed by atoms with Crippen LogP contribution in [0, 0.1) is 28.6 Å². The molecule has 2 nitrogen and oxygen atoms in total. The van der Waals surface area contributed by atoms with Crippen LogP contribution in [-0.2, 0) is 0 Å². The van der Waals surface area contributed by atoms with Crippen LogP contribution in [0.5, 0.6) is 0 Å². The first-order valence-corrected chi connectivity index (χ1v) is 9.16. The number of halogens is 1. The predicted octanol–water partition coefficient (Wildman–Crippen LogP) is 3.93. The maximum atomic E-state index is 14.8. The quantitative estimate of drug-likeness (QED) is 0.666. The van der Waals surface area contributed by atoms with Gasteiger partial charge in [-0.05, 0) is 61.7 Å². The minimum Gasteiger partial charge on any atom is -0.361 e. The Hall–Kier alpha value is -0.410. The van der Waals surface area contributed by atoms with Crippen LogP contribution >= 0.6 is 0 Å². The summed E-state index contributed by atoms with van der Waals surface area (Å²) >= 11 is 0. The van der Waals surface area contributed by atoms with E-state index >= 15 is 0 Å². The second-order valence-corrected chi connectivity index (χ2v) is 8.97. The molecule has 4 aliphatic carbocycles. The average molecular weight is 307 g/mol. The topological polar surface area (TPSA) is 46.2 Å². The van der Waals surface area contributed by atoms with Gasteiger partial charge in [-0.25, -0.2) is 4.39 Å². The fourth-order valence-electron chi connectivity index (χ4n) is 6.92. The van der Waals surface area contributed by atoms with Crippen LogP contribution in [-0.4, -0.2) is 17.0 Å². The number of hydrogen-bond acceptors (Lipinski definition) is 2. The highest BCUT2D eigenvalue weighted by molar-refractivity contribution is 5.26. The van der Waals surface area contributed by atoms with Gasteiger partial charge in [-0.2, -0.15) is 0 Å². The van der Waals surface area contributed by atoms with Gasteiger partial charge in [0.05, 0.1) is 0 Å². The molecule has 0 aromatic heterocycles. The number of rotatable bonds is 0. The zero-order valence-electron chi connectivity index (χ0n) is 13.9. The van der Waals surface area contributed by atoms with E-state index in [0.717, 1.165) is 12.8 Å². The van der Waals surface area contributed by atoms with E-state index in [0.29, 0.717) is 18.3 Å². The number of aliphatic hydroxyl groups is 1. The van der Waals surface area contributed by atoms with E-state index in [9.17, 15) is 9.50 Å². The van der Waals surface area contributed by atoms with Gasteiger partial charge in [0.1, 0.15) is 0 Å². The second-order valence-electron chi connectivity index (χ2n) is 8.97. The van der Waals surface area contributed by atoms with Crippen molar-refractivity contribution in [2.45, 2.75) is 77.1 Å². The fraction of sp³-hybridized carbons (Fsp3) is 0.895. The van der Waals surface area contributed by atoms with Gasteiger partial charge in [0, 0.05) is 17.9 Å². The van der Waals surface area contributed by atoms with Gasteiger partial charge in [0.25, 0.3) is 0 Å². The molecule has 4 aliphatic rings. The molecule has 124 valence electrons. The molecule has 0 spiro atoms. The molecule has 0 aromatic carbocycles. The summed E-state index contributed by atoms with van der Waals surface area (Å²) in [5.74, 6) is -0.827. The normalized spacial score (nSPS) is 57.6. The third-order valence-electron chi connectivity index (χ3n) is 8.08. The Morgan fingerprint density at radius 2 is 2.05 bits per heavy atom. The lowest BCUT2D eigenvalue weighted by atomic mass is 9.46. The molecule has 0 saturated heterocycles. The maximum Gasteiger partial charge on any atom is 0.212 e. The molecule has 7 atom stereocenters. The minimum atomic E-state index is -2.03. The molecule has 2 unspecified atom stereocenters. The Morgan fingerprint density at radius 3 is 2.82 bits per heavy atom. The Bertz CT molecular complexity index is 516. The minimum absolute atomic E-state index is 0.0124. The average Bonchev–Trinajstić information content (AvgIpc) is 2.68. The van der Waals surface area contributed by atoms with Crippen LogP contribution < -0.4 is 5.73 Å². The van der Waals surface area contributed by atoms with E-state index in [-0.39, 0.29) is 23.8 Å². The van der Waals surface area contributed by atoms with Crippen LogP contribution in [0.2, 0.25) is 0 Å². The molecule has 0 radical (unpaired) electrons. The lowest BCUT2D eigenvalue weighted by molar-refractivity contribution is -0.200. The number of alkyl halides is 1. The number of allylic oxidation sites excluding steroid dienone is 2. The van der Waals surface area contributed by atoms with Gasteiger partial charge < -0.3 is 10.8 Å². The summed E-state index contributed by atoms with van der Waals surface area (Å²) < 4.78 is 14.8. The molecule has 3 N–H and O–H groups in total. The predicted molar refractivity (Wildman–Crippen MR) is 85.7 cm³/mol. The summed E-state index contributed by atoms with van der Waals surface area (Å²) in [5.41, 5.74) is 7.83. The Balaban J connectivity index is 1.76. The number of nitrogens with two attached hydrogens (primary N) is 1. The van der Waals surface area contributed by atoms with Crippen LogP contribution in [0.4, 0.5) is 4.39 Å². The Labute approximate surface area is 133 Å². The smallest absolute Gasteiger partial charge is 0.212 e. The van der Waals surface area contributed by atoms with Gasteiger partial charge in [0.2, 0.25) is 5.85 Å². The van der Waals surface area contributed by atoms with E-state index < -0.39 is 11.3 Å². The van der Waals surface area contributed by atoms with Gasteiger partial charge in [-0.1, -0.05) is 31.9 Å². The Kier molecular flexibility index (Phi) is 3.14.